The van der Waals surface area contributed by atoms with Crippen molar-refractivity contribution in [1.29, 1.82) is 0 Å². The standard InChI is InChI=1S/C14H27N3O4/c1-5-7-8-11(13(19)20)16-14(21)17(6-2)9-12(18)15-10(3)4/h10-11H,5-9H2,1-4H3,(H,15,18)(H,16,21)(H,19,20). The van der Waals surface area contributed by atoms with E-state index in [1.165, 1.54) is 4.90 Å². The van der Waals surface area contributed by atoms with E-state index in [-0.39, 0.29) is 18.5 Å². The molecule has 0 heterocycles. The predicted molar refractivity (Wildman–Crippen MR) is 80.0 cm³/mol. The molecule has 0 radical (unpaired) electrons. The van der Waals surface area contributed by atoms with Gasteiger partial charge in [0.05, 0.1) is 0 Å². The van der Waals surface area contributed by atoms with Gasteiger partial charge in [-0.15, -0.1) is 0 Å². The van der Waals surface area contributed by atoms with Crippen LogP contribution in [0.2, 0.25) is 0 Å². The first-order valence-corrected chi connectivity index (χ1v) is 7.39. The molecule has 0 bridgehead atoms. The van der Waals surface area contributed by atoms with Crippen molar-refractivity contribution < 1.29 is 19.5 Å². The monoisotopic (exact) mass is 301 g/mol. The van der Waals surface area contributed by atoms with E-state index in [0.717, 1.165) is 12.8 Å². The van der Waals surface area contributed by atoms with Crippen LogP contribution in [0.5, 0.6) is 0 Å². The van der Waals surface area contributed by atoms with Crippen LogP contribution >= 0.6 is 0 Å². The summed E-state index contributed by atoms with van der Waals surface area (Å²) in [4.78, 5) is 36.1. The SMILES string of the molecule is CCCCC(NC(=O)N(CC)CC(=O)NC(C)C)C(=O)O. The van der Waals surface area contributed by atoms with Crippen LogP contribution in [0, 0.1) is 0 Å². The highest BCUT2D eigenvalue weighted by Gasteiger charge is 2.23. The highest BCUT2D eigenvalue weighted by atomic mass is 16.4. The van der Waals surface area contributed by atoms with E-state index in [1.54, 1.807) is 6.92 Å². The van der Waals surface area contributed by atoms with E-state index < -0.39 is 18.0 Å². The summed E-state index contributed by atoms with van der Waals surface area (Å²) < 4.78 is 0. The lowest BCUT2D eigenvalue weighted by Crippen LogP contribution is -2.51. The minimum absolute atomic E-state index is 0.00408. The molecule has 0 aliphatic carbocycles. The van der Waals surface area contributed by atoms with Gasteiger partial charge in [0.15, 0.2) is 0 Å². The Labute approximate surface area is 126 Å². The molecule has 0 aromatic carbocycles. The van der Waals surface area contributed by atoms with Crippen LogP contribution in [0.3, 0.4) is 0 Å². The summed E-state index contributed by atoms with van der Waals surface area (Å²) in [5, 5.41) is 14.3. The van der Waals surface area contributed by atoms with Crippen molar-refractivity contribution in [2.24, 2.45) is 0 Å². The normalized spacial score (nSPS) is 11.9. The number of urea groups is 1. The third kappa shape index (κ3) is 8.16. The Morgan fingerprint density at radius 2 is 1.76 bits per heavy atom. The number of carbonyl (C=O) groups is 3. The summed E-state index contributed by atoms with van der Waals surface area (Å²) >= 11 is 0. The van der Waals surface area contributed by atoms with E-state index in [9.17, 15) is 14.4 Å². The molecule has 0 saturated heterocycles. The van der Waals surface area contributed by atoms with Gasteiger partial charge >= 0.3 is 12.0 Å². The van der Waals surface area contributed by atoms with E-state index in [1.807, 2.05) is 20.8 Å². The molecule has 0 aromatic heterocycles. The van der Waals surface area contributed by atoms with Gasteiger partial charge in [-0.25, -0.2) is 9.59 Å². The summed E-state index contributed by atoms with van der Waals surface area (Å²) in [5.74, 6) is -1.32. The smallest absolute Gasteiger partial charge is 0.326 e. The molecule has 1 atom stereocenters. The molecule has 0 fully saturated rings. The Morgan fingerprint density at radius 1 is 1.14 bits per heavy atom. The number of amides is 3. The lowest BCUT2D eigenvalue weighted by molar-refractivity contribution is -0.139. The number of hydrogen-bond acceptors (Lipinski definition) is 3. The van der Waals surface area contributed by atoms with Crippen molar-refractivity contribution >= 4 is 17.9 Å². The van der Waals surface area contributed by atoms with Gasteiger partial charge in [-0.1, -0.05) is 19.8 Å². The Kier molecular flexibility index (Phi) is 9.16. The molecular weight excluding hydrogens is 274 g/mol. The van der Waals surface area contributed by atoms with Crippen molar-refractivity contribution in [2.45, 2.75) is 59.0 Å². The van der Waals surface area contributed by atoms with Crippen molar-refractivity contribution in [3.8, 4) is 0 Å². The van der Waals surface area contributed by atoms with Crippen LogP contribution in [0.25, 0.3) is 0 Å². The molecule has 0 aliphatic rings. The van der Waals surface area contributed by atoms with Crippen LogP contribution in [0.4, 0.5) is 4.79 Å². The zero-order chi connectivity index (χ0) is 16.4. The fourth-order valence-corrected chi connectivity index (χ4v) is 1.77. The van der Waals surface area contributed by atoms with Crippen LogP contribution in [0.1, 0.15) is 47.0 Å². The van der Waals surface area contributed by atoms with E-state index in [2.05, 4.69) is 10.6 Å². The fourth-order valence-electron chi connectivity index (χ4n) is 1.77. The average Bonchev–Trinajstić information content (AvgIpc) is 2.39. The first-order chi connectivity index (χ1) is 9.81. The highest BCUT2D eigenvalue weighted by molar-refractivity contribution is 5.86. The van der Waals surface area contributed by atoms with Crippen molar-refractivity contribution in [1.82, 2.24) is 15.5 Å². The summed E-state index contributed by atoms with van der Waals surface area (Å²) in [5.41, 5.74) is 0. The van der Waals surface area contributed by atoms with E-state index in [0.29, 0.717) is 13.0 Å². The van der Waals surface area contributed by atoms with E-state index in [4.69, 9.17) is 5.11 Å². The van der Waals surface area contributed by atoms with E-state index >= 15 is 0 Å². The Balaban J connectivity index is 4.54. The average molecular weight is 301 g/mol. The maximum absolute atomic E-state index is 12.0. The molecule has 0 saturated carbocycles. The second-order valence-corrected chi connectivity index (χ2v) is 5.22. The van der Waals surface area contributed by atoms with Gasteiger partial charge in [0.25, 0.3) is 0 Å². The quantitative estimate of drug-likeness (QED) is 0.595. The topological polar surface area (TPSA) is 98.7 Å². The lowest BCUT2D eigenvalue weighted by atomic mass is 10.1. The summed E-state index contributed by atoms with van der Waals surface area (Å²) in [6.07, 6.45) is 1.96. The Morgan fingerprint density at radius 3 is 2.19 bits per heavy atom. The molecular formula is C14H27N3O4. The fraction of sp³-hybridized carbons (Fsp3) is 0.786. The summed E-state index contributed by atoms with van der Waals surface area (Å²) in [6, 6.07) is -1.45. The second-order valence-electron chi connectivity index (χ2n) is 5.22. The third-order valence-electron chi connectivity index (χ3n) is 2.90. The van der Waals surface area contributed by atoms with Gasteiger partial charge in [0.2, 0.25) is 5.91 Å². The first kappa shape index (κ1) is 19.2. The lowest BCUT2D eigenvalue weighted by Gasteiger charge is -2.24. The number of aliphatic carboxylic acids is 1. The Bertz CT molecular complexity index is 358. The maximum Gasteiger partial charge on any atom is 0.326 e. The van der Waals surface area contributed by atoms with Crippen LogP contribution in [-0.4, -0.2) is 53.1 Å². The molecule has 7 heteroatoms. The minimum atomic E-state index is -1.06. The molecule has 3 N–H and O–H groups in total. The number of unbranched alkanes of at least 4 members (excludes halogenated alkanes) is 1. The van der Waals surface area contributed by atoms with Crippen molar-refractivity contribution in [3.05, 3.63) is 0 Å². The van der Waals surface area contributed by atoms with Gasteiger partial charge in [-0.3, -0.25) is 4.79 Å². The largest absolute Gasteiger partial charge is 0.480 e. The van der Waals surface area contributed by atoms with Crippen LogP contribution in [-0.2, 0) is 9.59 Å². The van der Waals surface area contributed by atoms with Crippen molar-refractivity contribution in [2.75, 3.05) is 13.1 Å². The van der Waals surface area contributed by atoms with Gasteiger partial charge < -0.3 is 20.6 Å². The number of nitrogens with one attached hydrogen (secondary N) is 2. The molecule has 0 rings (SSSR count). The zero-order valence-electron chi connectivity index (χ0n) is 13.3. The number of hydrogen-bond donors (Lipinski definition) is 3. The minimum Gasteiger partial charge on any atom is -0.480 e. The number of nitrogens with zero attached hydrogens (tertiary/aromatic N) is 1. The second kappa shape index (κ2) is 10.0. The first-order valence-electron chi connectivity index (χ1n) is 7.39. The number of carboxylic acid groups (broad SMARTS) is 1. The molecule has 21 heavy (non-hydrogen) atoms. The number of rotatable bonds is 9. The molecule has 1 unspecified atom stereocenters. The molecule has 7 nitrogen and oxygen atoms in total. The van der Waals surface area contributed by atoms with Crippen molar-refractivity contribution in [3.63, 3.8) is 0 Å². The molecule has 122 valence electrons. The third-order valence-corrected chi connectivity index (χ3v) is 2.90. The van der Waals surface area contributed by atoms with Gasteiger partial charge in [-0.05, 0) is 27.2 Å². The zero-order valence-corrected chi connectivity index (χ0v) is 13.3. The highest BCUT2D eigenvalue weighted by Crippen LogP contribution is 2.02. The van der Waals surface area contributed by atoms with Gasteiger partial charge in [0, 0.05) is 12.6 Å². The summed E-state index contributed by atoms with van der Waals surface area (Å²) in [7, 11) is 0. The Hall–Kier alpha value is -1.79. The molecule has 0 spiro atoms. The number of likely N-dealkylation sites (N-methyl/N-ethyl adjacent to an activating group) is 1. The molecule has 0 aliphatic heterocycles. The number of carbonyl (C=O) groups excluding carboxylic acids is 2. The maximum atomic E-state index is 12.0. The number of carboxylic acids is 1. The van der Waals surface area contributed by atoms with Crippen LogP contribution in [0.15, 0.2) is 0 Å². The predicted octanol–water partition coefficient (Wildman–Crippen LogP) is 1.19. The molecule has 0 aromatic rings. The van der Waals surface area contributed by atoms with Gasteiger partial charge in [-0.2, -0.15) is 0 Å². The van der Waals surface area contributed by atoms with Gasteiger partial charge in [0.1, 0.15) is 12.6 Å². The summed E-state index contributed by atoms with van der Waals surface area (Å²) in [6.45, 7) is 7.61. The molecule has 3 amide bonds. The van der Waals surface area contributed by atoms with Crippen LogP contribution < -0.4 is 10.6 Å².